The lowest BCUT2D eigenvalue weighted by Crippen LogP contribution is -2.51. The van der Waals surface area contributed by atoms with E-state index < -0.39 is 9.84 Å². The quantitative estimate of drug-likeness (QED) is 0.801. The van der Waals surface area contributed by atoms with Crippen LogP contribution in [0.4, 0.5) is 4.79 Å². The lowest BCUT2D eigenvalue weighted by Gasteiger charge is -2.33. The Kier molecular flexibility index (Phi) is 6.62. The van der Waals surface area contributed by atoms with Crippen LogP contribution >= 0.6 is 0 Å². The molecular formula is C17H28N2O3S. The zero-order valence-corrected chi connectivity index (χ0v) is 15.4. The molecule has 2 unspecified atom stereocenters. The fourth-order valence-corrected chi connectivity index (χ4v) is 3.00. The first-order valence-electron chi connectivity index (χ1n) is 7.82. The normalized spacial score (nSPS) is 14.8. The zero-order valence-electron chi connectivity index (χ0n) is 14.6. The van der Waals surface area contributed by atoms with Crippen molar-refractivity contribution in [1.82, 2.24) is 10.6 Å². The molecule has 0 saturated heterocycles. The Morgan fingerprint density at radius 1 is 1.13 bits per heavy atom. The standard InChI is InChI=1S/C17H28N2O3S/c1-13(11-12-23(5,21)22)18-16(20)19-14(2)17(3,4)15-9-7-6-8-10-15/h6-10,13-14H,11-12H2,1-5H3,(H2,18,19,20). The molecule has 0 spiro atoms. The fourth-order valence-electron chi connectivity index (χ4n) is 2.22. The van der Waals surface area contributed by atoms with E-state index in [0.29, 0.717) is 6.42 Å². The van der Waals surface area contributed by atoms with Gasteiger partial charge in [-0.1, -0.05) is 44.2 Å². The largest absolute Gasteiger partial charge is 0.336 e. The summed E-state index contributed by atoms with van der Waals surface area (Å²) in [5.74, 6) is 0.0690. The number of carbonyl (C=O) groups excluding carboxylic acids is 1. The molecule has 1 aromatic carbocycles. The second-order valence-corrected chi connectivity index (χ2v) is 9.01. The van der Waals surface area contributed by atoms with Crippen LogP contribution in [0.3, 0.4) is 0 Å². The molecule has 23 heavy (non-hydrogen) atoms. The van der Waals surface area contributed by atoms with Gasteiger partial charge >= 0.3 is 6.03 Å². The molecule has 0 bridgehead atoms. The topological polar surface area (TPSA) is 75.3 Å². The number of urea groups is 1. The van der Waals surface area contributed by atoms with E-state index in [1.54, 1.807) is 6.92 Å². The minimum atomic E-state index is -3.01. The molecule has 0 aromatic heterocycles. The molecule has 0 radical (unpaired) electrons. The molecule has 130 valence electrons. The summed E-state index contributed by atoms with van der Waals surface area (Å²) in [6, 6.07) is 9.48. The molecule has 0 saturated carbocycles. The molecule has 0 aliphatic rings. The van der Waals surface area contributed by atoms with Gasteiger partial charge < -0.3 is 10.6 Å². The van der Waals surface area contributed by atoms with Gasteiger partial charge in [-0.05, 0) is 25.8 Å². The van der Waals surface area contributed by atoms with Crippen LogP contribution in [0.1, 0.15) is 39.7 Å². The summed E-state index contributed by atoms with van der Waals surface area (Å²) in [7, 11) is -3.01. The molecule has 0 aliphatic heterocycles. The number of hydrogen-bond donors (Lipinski definition) is 2. The van der Waals surface area contributed by atoms with E-state index in [2.05, 4.69) is 24.5 Å². The van der Waals surface area contributed by atoms with Crippen molar-refractivity contribution in [3.63, 3.8) is 0 Å². The SMILES string of the molecule is CC(CCS(C)(=O)=O)NC(=O)NC(C)C(C)(C)c1ccccc1. The molecular weight excluding hydrogens is 312 g/mol. The van der Waals surface area contributed by atoms with Crippen LogP contribution in [0, 0.1) is 0 Å². The number of carbonyl (C=O) groups is 1. The average molecular weight is 340 g/mol. The van der Waals surface area contributed by atoms with E-state index in [1.807, 2.05) is 37.3 Å². The van der Waals surface area contributed by atoms with E-state index >= 15 is 0 Å². The van der Waals surface area contributed by atoms with Gasteiger partial charge in [0.2, 0.25) is 0 Å². The molecule has 1 rings (SSSR count). The fraction of sp³-hybridized carbons (Fsp3) is 0.588. The van der Waals surface area contributed by atoms with Crippen LogP contribution in [0.5, 0.6) is 0 Å². The predicted octanol–water partition coefficient (Wildman–Crippen LogP) is 2.48. The Hall–Kier alpha value is -1.56. The molecule has 0 aliphatic carbocycles. The number of rotatable bonds is 7. The summed E-state index contributed by atoms with van der Waals surface area (Å²) < 4.78 is 22.3. The maximum absolute atomic E-state index is 12.1. The van der Waals surface area contributed by atoms with Crippen molar-refractivity contribution in [2.75, 3.05) is 12.0 Å². The van der Waals surface area contributed by atoms with Crippen molar-refractivity contribution in [3.8, 4) is 0 Å². The zero-order chi connectivity index (χ0) is 17.7. The van der Waals surface area contributed by atoms with Crippen molar-refractivity contribution in [3.05, 3.63) is 35.9 Å². The monoisotopic (exact) mass is 340 g/mol. The van der Waals surface area contributed by atoms with E-state index in [0.717, 1.165) is 5.56 Å². The van der Waals surface area contributed by atoms with E-state index in [1.165, 1.54) is 6.26 Å². The molecule has 0 heterocycles. The van der Waals surface area contributed by atoms with Crippen molar-refractivity contribution >= 4 is 15.9 Å². The van der Waals surface area contributed by atoms with E-state index in [4.69, 9.17) is 0 Å². The first-order chi connectivity index (χ1) is 10.5. The highest BCUT2D eigenvalue weighted by Gasteiger charge is 2.29. The van der Waals surface area contributed by atoms with Crippen LogP contribution in [-0.4, -0.2) is 38.5 Å². The third-order valence-corrected chi connectivity index (χ3v) is 5.22. The Balaban J connectivity index is 2.56. The van der Waals surface area contributed by atoms with Crippen LogP contribution in [0.25, 0.3) is 0 Å². The highest BCUT2D eigenvalue weighted by Crippen LogP contribution is 2.26. The van der Waals surface area contributed by atoms with Gasteiger partial charge in [-0.15, -0.1) is 0 Å². The summed E-state index contributed by atoms with van der Waals surface area (Å²) in [5, 5.41) is 5.74. The first kappa shape index (κ1) is 19.5. The van der Waals surface area contributed by atoms with Gasteiger partial charge in [0.15, 0.2) is 0 Å². The molecule has 5 nitrogen and oxygen atoms in total. The number of hydrogen-bond acceptors (Lipinski definition) is 3. The molecule has 1 aromatic rings. The van der Waals surface area contributed by atoms with Crippen LogP contribution in [0.15, 0.2) is 30.3 Å². The van der Waals surface area contributed by atoms with Gasteiger partial charge in [0.25, 0.3) is 0 Å². The number of benzene rings is 1. The maximum atomic E-state index is 12.1. The van der Waals surface area contributed by atoms with Crippen LogP contribution < -0.4 is 10.6 Å². The highest BCUT2D eigenvalue weighted by atomic mass is 32.2. The van der Waals surface area contributed by atoms with Gasteiger partial charge in [0.05, 0.1) is 5.75 Å². The highest BCUT2D eigenvalue weighted by molar-refractivity contribution is 7.90. The summed E-state index contributed by atoms with van der Waals surface area (Å²) in [6.07, 6.45) is 1.60. The third-order valence-electron chi connectivity index (χ3n) is 4.25. The van der Waals surface area contributed by atoms with Crippen molar-refractivity contribution < 1.29 is 13.2 Å². The molecule has 2 N–H and O–H groups in total. The Labute approximate surface area is 139 Å². The lowest BCUT2D eigenvalue weighted by atomic mass is 9.78. The number of sulfone groups is 1. The Bertz CT molecular complexity index is 612. The van der Waals surface area contributed by atoms with Gasteiger partial charge in [-0.3, -0.25) is 0 Å². The maximum Gasteiger partial charge on any atom is 0.315 e. The van der Waals surface area contributed by atoms with Crippen molar-refractivity contribution in [2.24, 2.45) is 0 Å². The van der Waals surface area contributed by atoms with E-state index in [9.17, 15) is 13.2 Å². The summed E-state index contributed by atoms with van der Waals surface area (Å²) in [4.78, 5) is 12.1. The second-order valence-electron chi connectivity index (χ2n) is 6.75. The van der Waals surface area contributed by atoms with Crippen LogP contribution in [-0.2, 0) is 15.3 Å². The van der Waals surface area contributed by atoms with Gasteiger partial charge in [0.1, 0.15) is 9.84 Å². The van der Waals surface area contributed by atoms with Gasteiger partial charge in [-0.25, -0.2) is 13.2 Å². The summed E-state index contributed by atoms with van der Waals surface area (Å²) in [6.45, 7) is 7.94. The first-order valence-corrected chi connectivity index (χ1v) is 9.88. The summed E-state index contributed by atoms with van der Waals surface area (Å²) in [5.41, 5.74) is 0.937. The molecule has 6 heteroatoms. The summed E-state index contributed by atoms with van der Waals surface area (Å²) >= 11 is 0. The number of amides is 2. The number of nitrogens with one attached hydrogen (secondary N) is 2. The third kappa shape index (κ3) is 6.60. The van der Waals surface area contributed by atoms with Crippen LogP contribution in [0.2, 0.25) is 0 Å². The lowest BCUT2D eigenvalue weighted by molar-refractivity contribution is 0.228. The Morgan fingerprint density at radius 2 is 1.70 bits per heavy atom. The average Bonchev–Trinajstić information content (AvgIpc) is 2.45. The predicted molar refractivity (Wildman–Crippen MR) is 94.4 cm³/mol. The molecule has 2 amide bonds. The van der Waals surface area contributed by atoms with Crippen molar-refractivity contribution in [2.45, 2.75) is 51.6 Å². The van der Waals surface area contributed by atoms with Gasteiger partial charge in [-0.2, -0.15) is 0 Å². The molecule has 2 atom stereocenters. The Morgan fingerprint density at radius 3 is 2.22 bits per heavy atom. The van der Waals surface area contributed by atoms with E-state index in [-0.39, 0.29) is 29.3 Å². The van der Waals surface area contributed by atoms with Crippen molar-refractivity contribution in [1.29, 1.82) is 0 Å². The second kappa shape index (κ2) is 7.81. The minimum Gasteiger partial charge on any atom is -0.336 e. The molecule has 0 fully saturated rings. The van der Waals surface area contributed by atoms with Gasteiger partial charge in [0, 0.05) is 23.8 Å². The smallest absolute Gasteiger partial charge is 0.315 e. The minimum absolute atomic E-state index is 0.0690.